The lowest BCUT2D eigenvalue weighted by Crippen LogP contribution is -2.32. The van der Waals surface area contributed by atoms with E-state index in [1.165, 1.54) is 0 Å². The number of benzene rings is 1. The number of carbonyl (C=O) groups is 2. The molecule has 0 radical (unpaired) electrons. The van der Waals surface area contributed by atoms with Crippen molar-refractivity contribution in [1.82, 2.24) is 0 Å². The lowest BCUT2D eigenvalue weighted by atomic mass is 9.78. The summed E-state index contributed by atoms with van der Waals surface area (Å²) in [5.41, 5.74) is 0.368. The first-order valence-electron chi connectivity index (χ1n) is 6.41. The summed E-state index contributed by atoms with van der Waals surface area (Å²) < 4.78 is 0. The van der Waals surface area contributed by atoms with Crippen molar-refractivity contribution >= 4 is 17.6 Å². The standard InChI is InChI=1S/C16H18O2/c1-13(17)16(12-6-10-15(16)18)11-5-9-14-7-3-2-4-8-14/h2-5,7-9H,6,10-12H2,1H3/b9-5+. The predicted octanol–water partition coefficient (Wildman–Crippen LogP) is 3.42. The molecule has 2 heteroatoms. The third-order valence-corrected chi connectivity index (χ3v) is 3.79. The van der Waals surface area contributed by atoms with Gasteiger partial charge < -0.3 is 0 Å². The Morgan fingerprint density at radius 2 is 2.06 bits per heavy atom. The molecule has 0 heterocycles. The Hall–Kier alpha value is -1.70. The van der Waals surface area contributed by atoms with E-state index in [-0.39, 0.29) is 11.6 Å². The van der Waals surface area contributed by atoms with Gasteiger partial charge in [0, 0.05) is 6.42 Å². The van der Waals surface area contributed by atoms with E-state index in [0.29, 0.717) is 19.3 Å². The van der Waals surface area contributed by atoms with Crippen LogP contribution >= 0.6 is 0 Å². The Morgan fingerprint density at radius 1 is 1.33 bits per heavy atom. The van der Waals surface area contributed by atoms with Gasteiger partial charge >= 0.3 is 0 Å². The molecule has 0 saturated heterocycles. The van der Waals surface area contributed by atoms with Gasteiger partial charge in [0.2, 0.25) is 0 Å². The molecular formula is C16H18O2. The molecule has 0 aromatic heterocycles. The zero-order chi connectivity index (χ0) is 13.0. The van der Waals surface area contributed by atoms with Gasteiger partial charge in [0.05, 0.1) is 5.41 Å². The van der Waals surface area contributed by atoms with Crippen LogP contribution in [0.1, 0.15) is 38.2 Å². The normalized spacial score (nSPS) is 23.7. The first-order valence-corrected chi connectivity index (χ1v) is 6.41. The van der Waals surface area contributed by atoms with Gasteiger partial charge in [-0.3, -0.25) is 9.59 Å². The SMILES string of the molecule is CC(=O)C1(C/C=C/c2ccccc2)CCCC1=O. The van der Waals surface area contributed by atoms with Crippen LogP contribution in [-0.2, 0) is 9.59 Å². The Labute approximate surface area is 108 Å². The van der Waals surface area contributed by atoms with Gasteiger partial charge in [0.25, 0.3) is 0 Å². The highest BCUT2D eigenvalue weighted by Crippen LogP contribution is 2.39. The number of Topliss-reactive ketones (excluding diaryl/α,β-unsaturated/α-hetero) is 2. The van der Waals surface area contributed by atoms with Crippen LogP contribution in [0.5, 0.6) is 0 Å². The summed E-state index contributed by atoms with van der Waals surface area (Å²) in [7, 11) is 0. The molecule has 0 N–H and O–H groups in total. The van der Waals surface area contributed by atoms with Crippen LogP contribution in [0, 0.1) is 5.41 Å². The molecule has 1 aliphatic rings. The second-order valence-electron chi connectivity index (χ2n) is 4.93. The molecule has 94 valence electrons. The van der Waals surface area contributed by atoms with Gasteiger partial charge in [-0.05, 0) is 31.7 Å². The molecule has 1 fully saturated rings. The van der Waals surface area contributed by atoms with E-state index >= 15 is 0 Å². The molecule has 1 atom stereocenters. The van der Waals surface area contributed by atoms with E-state index in [2.05, 4.69) is 0 Å². The van der Waals surface area contributed by atoms with E-state index < -0.39 is 5.41 Å². The third kappa shape index (κ3) is 2.42. The summed E-state index contributed by atoms with van der Waals surface area (Å²) in [6.45, 7) is 1.54. The number of carbonyl (C=O) groups excluding carboxylic acids is 2. The summed E-state index contributed by atoms with van der Waals surface area (Å²) >= 11 is 0. The molecular weight excluding hydrogens is 224 g/mol. The summed E-state index contributed by atoms with van der Waals surface area (Å²) in [5, 5.41) is 0. The molecule has 1 aromatic carbocycles. The molecule has 18 heavy (non-hydrogen) atoms. The van der Waals surface area contributed by atoms with Gasteiger partial charge in [0.15, 0.2) is 0 Å². The van der Waals surface area contributed by atoms with Gasteiger partial charge in [-0.15, -0.1) is 0 Å². The smallest absolute Gasteiger partial charge is 0.146 e. The van der Waals surface area contributed by atoms with E-state index in [1.807, 2.05) is 42.5 Å². The lowest BCUT2D eigenvalue weighted by Gasteiger charge is -2.22. The minimum absolute atomic E-state index is 0.0164. The van der Waals surface area contributed by atoms with E-state index in [0.717, 1.165) is 12.0 Å². The topological polar surface area (TPSA) is 34.1 Å². The molecule has 1 unspecified atom stereocenters. The Bertz CT molecular complexity index is 473. The van der Waals surface area contributed by atoms with Crippen LogP contribution < -0.4 is 0 Å². The molecule has 1 aromatic rings. The van der Waals surface area contributed by atoms with Crippen LogP contribution in [0.4, 0.5) is 0 Å². The van der Waals surface area contributed by atoms with Crippen molar-refractivity contribution in [3.8, 4) is 0 Å². The van der Waals surface area contributed by atoms with E-state index in [1.54, 1.807) is 6.92 Å². The van der Waals surface area contributed by atoms with E-state index in [4.69, 9.17) is 0 Å². The quantitative estimate of drug-likeness (QED) is 0.758. The van der Waals surface area contributed by atoms with Gasteiger partial charge in [-0.2, -0.15) is 0 Å². The van der Waals surface area contributed by atoms with E-state index in [9.17, 15) is 9.59 Å². The molecule has 0 amide bonds. The zero-order valence-electron chi connectivity index (χ0n) is 10.7. The van der Waals surface area contributed by atoms with Crippen molar-refractivity contribution in [3.05, 3.63) is 42.0 Å². The minimum atomic E-state index is -0.731. The highest BCUT2D eigenvalue weighted by atomic mass is 16.2. The van der Waals surface area contributed by atoms with Crippen molar-refractivity contribution in [1.29, 1.82) is 0 Å². The third-order valence-electron chi connectivity index (χ3n) is 3.79. The lowest BCUT2D eigenvalue weighted by molar-refractivity contribution is -0.137. The maximum absolute atomic E-state index is 11.9. The van der Waals surface area contributed by atoms with Crippen LogP contribution in [0.15, 0.2) is 36.4 Å². The maximum Gasteiger partial charge on any atom is 0.146 e. The van der Waals surface area contributed by atoms with Crippen molar-refractivity contribution < 1.29 is 9.59 Å². The van der Waals surface area contributed by atoms with Gasteiger partial charge in [0.1, 0.15) is 11.6 Å². The van der Waals surface area contributed by atoms with Crippen LogP contribution in [-0.4, -0.2) is 11.6 Å². The van der Waals surface area contributed by atoms with Crippen molar-refractivity contribution in [2.45, 2.75) is 32.6 Å². The maximum atomic E-state index is 11.9. The van der Waals surface area contributed by atoms with Crippen molar-refractivity contribution in [3.63, 3.8) is 0 Å². The summed E-state index contributed by atoms with van der Waals surface area (Å²) in [6.07, 6.45) is 6.59. The molecule has 1 saturated carbocycles. The summed E-state index contributed by atoms with van der Waals surface area (Å²) in [4.78, 5) is 23.7. The molecule has 2 nitrogen and oxygen atoms in total. The van der Waals surface area contributed by atoms with Gasteiger partial charge in [-0.1, -0.05) is 42.5 Å². The van der Waals surface area contributed by atoms with Crippen LogP contribution in [0.3, 0.4) is 0 Å². The number of hydrogen-bond donors (Lipinski definition) is 0. The summed E-state index contributed by atoms with van der Waals surface area (Å²) in [6, 6.07) is 9.93. The largest absolute Gasteiger partial charge is 0.299 e. The highest BCUT2D eigenvalue weighted by Gasteiger charge is 2.44. The van der Waals surface area contributed by atoms with Gasteiger partial charge in [-0.25, -0.2) is 0 Å². The fourth-order valence-electron chi connectivity index (χ4n) is 2.62. The Balaban J connectivity index is 2.10. The average Bonchev–Trinajstić information content (AvgIpc) is 2.73. The summed E-state index contributed by atoms with van der Waals surface area (Å²) in [5.74, 6) is 0.135. The minimum Gasteiger partial charge on any atom is -0.299 e. The molecule has 0 bridgehead atoms. The Kier molecular flexibility index (Phi) is 3.75. The zero-order valence-corrected chi connectivity index (χ0v) is 10.7. The second kappa shape index (κ2) is 5.30. The first kappa shape index (κ1) is 12.7. The monoisotopic (exact) mass is 242 g/mol. The fourth-order valence-corrected chi connectivity index (χ4v) is 2.62. The second-order valence-corrected chi connectivity index (χ2v) is 4.93. The number of ketones is 2. The predicted molar refractivity (Wildman–Crippen MR) is 72.1 cm³/mol. The van der Waals surface area contributed by atoms with Crippen molar-refractivity contribution in [2.24, 2.45) is 5.41 Å². The molecule has 1 aliphatic carbocycles. The van der Waals surface area contributed by atoms with Crippen LogP contribution in [0.25, 0.3) is 6.08 Å². The number of rotatable bonds is 4. The number of allylic oxidation sites excluding steroid dienone is 1. The molecule has 0 spiro atoms. The Morgan fingerprint density at radius 3 is 2.61 bits per heavy atom. The van der Waals surface area contributed by atoms with Crippen molar-refractivity contribution in [2.75, 3.05) is 0 Å². The average molecular weight is 242 g/mol. The first-order chi connectivity index (χ1) is 8.65. The molecule has 2 rings (SSSR count). The molecule has 0 aliphatic heterocycles. The van der Waals surface area contributed by atoms with Crippen LogP contribution in [0.2, 0.25) is 0 Å². The fraction of sp³-hybridized carbons (Fsp3) is 0.375. The highest BCUT2D eigenvalue weighted by molar-refractivity contribution is 6.07. The number of hydrogen-bond acceptors (Lipinski definition) is 2.